The lowest BCUT2D eigenvalue weighted by Crippen LogP contribution is -2.10. The molecule has 0 aliphatic heterocycles. The Morgan fingerprint density at radius 1 is 1.17 bits per heavy atom. The van der Waals surface area contributed by atoms with Crippen LogP contribution in [0.2, 0.25) is 0 Å². The van der Waals surface area contributed by atoms with Crippen LogP contribution in [-0.4, -0.2) is 4.99 Å². The lowest BCUT2D eigenvalue weighted by atomic mass is 10.1. The molecule has 2 rings (SSSR count). The van der Waals surface area contributed by atoms with Crippen molar-refractivity contribution < 1.29 is 9.13 Å². The fraction of sp³-hybridized carbons (Fsp3) is 0.316. The second-order valence-corrected chi connectivity index (χ2v) is 5.94. The minimum atomic E-state index is -0.293. The second kappa shape index (κ2) is 8.06. The second-order valence-electron chi connectivity index (χ2n) is 5.45. The Kier molecular flexibility index (Phi) is 6.11. The smallest absolute Gasteiger partial charge is 0.125 e. The lowest BCUT2D eigenvalue weighted by molar-refractivity contribution is 0.304. The molecule has 0 saturated carbocycles. The van der Waals surface area contributed by atoms with Gasteiger partial charge in [-0.3, -0.25) is 0 Å². The largest absolute Gasteiger partial charge is 0.489 e. The number of anilines is 1. The number of hydrogen-bond acceptors (Lipinski definition) is 2. The molecule has 23 heavy (non-hydrogen) atoms. The van der Waals surface area contributed by atoms with Gasteiger partial charge in [-0.25, -0.2) is 4.39 Å². The minimum Gasteiger partial charge on any atom is -0.489 e. The molecule has 0 heterocycles. The maximum absolute atomic E-state index is 13.5. The van der Waals surface area contributed by atoms with Crippen molar-refractivity contribution in [2.24, 2.45) is 0 Å². The van der Waals surface area contributed by atoms with Gasteiger partial charge in [0.25, 0.3) is 0 Å². The summed E-state index contributed by atoms with van der Waals surface area (Å²) in [6, 6.07) is 10.8. The third-order valence-corrected chi connectivity index (χ3v) is 4.09. The molecule has 0 aromatic heterocycles. The van der Waals surface area contributed by atoms with Gasteiger partial charge in [-0.15, -0.1) is 0 Å². The van der Waals surface area contributed by atoms with Gasteiger partial charge in [-0.2, -0.15) is 0 Å². The average molecular weight is 331 g/mol. The molecule has 0 amide bonds. The number of aryl methyl sites for hydroxylation is 2. The number of nitrogens with one attached hydrogen (secondary N) is 1. The van der Waals surface area contributed by atoms with Crippen LogP contribution in [0.25, 0.3) is 0 Å². The number of hydrogen-bond donors (Lipinski definition) is 1. The van der Waals surface area contributed by atoms with Crippen molar-refractivity contribution in [3.8, 4) is 5.75 Å². The van der Waals surface area contributed by atoms with Gasteiger partial charge in [0.2, 0.25) is 0 Å². The Labute approximate surface area is 142 Å². The van der Waals surface area contributed by atoms with Gasteiger partial charge in [0.1, 0.15) is 18.2 Å². The Balaban J connectivity index is 2.15. The fourth-order valence-electron chi connectivity index (χ4n) is 2.28. The zero-order valence-electron chi connectivity index (χ0n) is 13.8. The van der Waals surface area contributed by atoms with E-state index in [9.17, 15) is 4.39 Å². The Bertz CT molecular complexity index is 700. The molecule has 0 spiro atoms. The van der Waals surface area contributed by atoms with Crippen LogP contribution in [0, 0.1) is 12.7 Å². The predicted molar refractivity (Wildman–Crippen MR) is 97.8 cm³/mol. The van der Waals surface area contributed by atoms with E-state index in [2.05, 4.69) is 24.4 Å². The van der Waals surface area contributed by atoms with Gasteiger partial charge in [-0.05, 0) is 49.1 Å². The maximum Gasteiger partial charge on any atom is 0.125 e. The molecular formula is C19H22FNOS. The lowest BCUT2D eigenvalue weighted by Gasteiger charge is -2.15. The topological polar surface area (TPSA) is 21.3 Å². The van der Waals surface area contributed by atoms with Crippen molar-refractivity contribution >= 4 is 22.9 Å². The summed E-state index contributed by atoms with van der Waals surface area (Å²) in [5, 5.41) is 3.08. The molecule has 0 aliphatic rings. The normalized spacial score (nSPS) is 10.4. The molecule has 0 bridgehead atoms. The first-order valence-electron chi connectivity index (χ1n) is 7.84. The van der Waals surface area contributed by atoms with Crippen LogP contribution in [0.4, 0.5) is 10.1 Å². The molecular weight excluding hydrogens is 309 g/mol. The van der Waals surface area contributed by atoms with Crippen LogP contribution in [0.5, 0.6) is 5.75 Å². The molecule has 0 fully saturated rings. The van der Waals surface area contributed by atoms with Gasteiger partial charge in [0.05, 0.1) is 4.99 Å². The monoisotopic (exact) mass is 331 g/mol. The first-order chi connectivity index (χ1) is 11.0. The predicted octanol–water partition coefficient (Wildman–Crippen LogP) is 5.42. The molecule has 2 aromatic carbocycles. The summed E-state index contributed by atoms with van der Waals surface area (Å²) in [4.78, 5) is 0.681. The Morgan fingerprint density at radius 3 is 2.61 bits per heavy atom. The third-order valence-electron chi connectivity index (χ3n) is 3.70. The molecule has 0 saturated heterocycles. The standard InChI is InChI=1S/C19H22FNOS/c1-4-14-6-9-18(13(3)10-14)22-12-15-7-8-16(20)11-17(15)21-19(23)5-2/h6-11H,4-5,12H2,1-3H3,(H,21,23). The first-order valence-corrected chi connectivity index (χ1v) is 8.25. The highest BCUT2D eigenvalue weighted by atomic mass is 32.1. The number of rotatable bonds is 6. The van der Waals surface area contributed by atoms with E-state index in [1.807, 2.05) is 19.9 Å². The van der Waals surface area contributed by atoms with E-state index < -0.39 is 0 Å². The summed E-state index contributed by atoms with van der Waals surface area (Å²) >= 11 is 5.19. The number of benzene rings is 2. The Hall–Kier alpha value is -1.94. The minimum absolute atomic E-state index is 0.293. The van der Waals surface area contributed by atoms with Gasteiger partial charge in [0, 0.05) is 11.3 Å². The van der Waals surface area contributed by atoms with Crippen LogP contribution >= 0.6 is 12.2 Å². The summed E-state index contributed by atoms with van der Waals surface area (Å²) in [5.74, 6) is 0.550. The van der Waals surface area contributed by atoms with Crippen LogP contribution < -0.4 is 10.1 Å². The molecule has 0 unspecified atom stereocenters. The molecule has 0 atom stereocenters. The quantitative estimate of drug-likeness (QED) is 0.714. The number of halogens is 1. The highest BCUT2D eigenvalue weighted by Crippen LogP contribution is 2.24. The van der Waals surface area contributed by atoms with E-state index in [0.717, 1.165) is 23.3 Å². The van der Waals surface area contributed by atoms with Crippen molar-refractivity contribution in [2.75, 3.05) is 5.32 Å². The van der Waals surface area contributed by atoms with Gasteiger partial charge < -0.3 is 10.1 Å². The highest BCUT2D eigenvalue weighted by molar-refractivity contribution is 7.80. The average Bonchev–Trinajstić information content (AvgIpc) is 2.54. The molecule has 1 N–H and O–H groups in total. The van der Waals surface area contributed by atoms with Gasteiger partial charge >= 0.3 is 0 Å². The van der Waals surface area contributed by atoms with Gasteiger partial charge in [0.15, 0.2) is 0 Å². The molecule has 122 valence electrons. The van der Waals surface area contributed by atoms with E-state index in [4.69, 9.17) is 17.0 Å². The summed E-state index contributed by atoms with van der Waals surface area (Å²) in [5.41, 5.74) is 3.93. The van der Waals surface area contributed by atoms with Crippen molar-refractivity contribution in [3.05, 3.63) is 58.9 Å². The zero-order chi connectivity index (χ0) is 16.8. The molecule has 2 aromatic rings. The maximum atomic E-state index is 13.5. The zero-order valence-corrected chi connectivity index (χ0v) is 14.6. The molecule has 0 aliphatic carbocycles. The van der Waals surface area contributed by atoms with Crippen molar-refractivity contribution in [3.63, 3.8) is 0 Å². The number of ether oxygens (including phenoxy) is 1. The summed E-state index contributed by atoms with van der Waals surface area (Å²) < 4.78 is 19.4. The van der Waals surface area contributed by atoms with E-state index >= 15 is 0 Å². The highest BCUT2D eigenvalue weighted by Gasteiger charge is 2.08. The summed E-state index contributed by atoms with van der Waals surface area (Å²) in [6.45, 7) is 6.48. The molecule has 0 radical (unpaired) electrons. The van der Waals surface area contributed by atoms with E-state index in [1.54, 1.807) is 6.07 Å². The van der Waals surface area contributed by atoms with Crippen molar-refractivity contribution in [1.82, 2.24) is 0 Å². The van der Waals surface area contributed by atoms with Crippen LogP contribution in [0.15, 0.2) is 36.4 Å². The molecule has 2 nitrogen and oxygen atoms in total. The summed E-state index contributed by atoms with van der Waals surface area (Å²) in [7, 11) is 0. The van der Waals surface area contributed by atoms with E-state index in [0.29, 0.717) is 23.7 Å². The molecule has 4 heteroatoms. The SMILES string of the molecule is CCC(=S)Nc1cc(F)ccc1COc1ccc(CC)cc1C. The van der Waals surface area contributed by atoms with E-state index in [-0.39, 0.29) is 5.82 Å². The van der Waals surface area contributed by atoms with Crippen LogP contribution in [-0.2, 0) is 13.0 Å². The van der Waals surface area contributed by atoms with E-state index in [1.165, 1.54) is 17.7 Å². The van der Waals surface area contributed by atoms with Crippen molar-refractivity contribution in [2.45, 2.75) is 40.2 Å². The first kappa shape index (κ1) is 17.4. The Morgan fingerprint density at radius 2 is 1.96 bits per heavy atom. The van der Waals surface area contributed by atoms with Crippen molar-refractivity contribution in [1.29, 1.82) is 0 Å². The number of thiocarbonyl (C=S) groups is 1. The van der Waals surface area contributed by atoms with Crippen LogP contribution in [0.1, 0.15) is 37.0 Å². The third kappa shape index (κ3) is 4.76. The van der Waals surface area contributed by atoms with Crippen LogP contribution in [0.3, 0.4) is 0 Å². The fourth-order valence-corrected chi connectivity index (χ4v) is 2.39. The summed E-state index contributed by atoms with van der Waals surface area (Å²) in [6.07, 6.45) is 1.71. The van der Waals surface area contributed by atoms with Gasteiger partial charge in [-0.1, -0.05) is 44.3 Å².